The summed E-state index contributed by atoms with van der Waals surface area (Å²) >= 11 is 0. The van der Waals surface area contributed by atoms with Gasteiger partial charge in [0, 0.05) is 19.0 Å². The Morgan fingerprint density at radius 1 is 1.43 bits per heavy atom. The number of ether oxygens (including phenoxy) is 2. The molecule has 0 saturated carbocycles. The first-order valence-corrected chi connectivity index (χ1v) is 7.24. The van der Waals surface area contributed by atoms with Gasteiger partial charge in [0.25, 0.3) is 0 Å². The highest BCUT2D eigenvalue weighted by Gasteiger charge is 2.53. The summed E-state index contributed by atoms with van der Waals surface area (Å²) < 4.78 is 11.2. The molecule has 21 heavy (non-hydrogen) atoms. The van der Waals surface area contributed by atoms with Gasteiger partial charge in [-0.2, -0.15) is 0 Å². The molecule has 0 aliphatic carbocycles. The molecule has 1 aromatic rings. The molecule has 3 atom stereocenters. The van der Waals surface area contributed by atoms with Gasteiger partial charge in [-0.1, -0.05) is 18.2 Å². The van der Waals surface area contributed by atoms with E-state index in [1.807, 2.05) is 25.1 Å². The van der Waals surface area contributed by atoms with E-state index >= 15 is 0 Å². The number of amides is 1. The highest BCUT2D eigenvalue weighted by Crippen LogP contribution is 2.48. The summed E-state index contributed by atoms with van der Waals surface area (Å²) in [6, 6.07) is 5.70. The van der Waals surface area contributed by atoms with E-state index in [2.05, 4.69) is 0 Å². The van der Waals surface area contributed by atoms with Gasteiger partial charge in [-0.05, 0) is 19.4 Å². The summed E-state index contributed by atoms with van der Waals surface area (Å²) in [5, 5.41) is 0. The molecule has 3 rings (SSSR count). The van der Waals surface area contributed by atoms with Crippen LogP contribution in [0.15, 0.2) is 18.2 Å². The van der Waals surface area contributed by atoms with Gasteiger partial charge >= 0.3 is 5.97 Å². The second-order valence-corrected chi connectivity index (χ2v) is 5.55. The number of esters is 1. The average molecular weight is 289 g/mol. The summed E-state index contributed by atoms with van der Waals surface area (Å²) in [6.45, 7) is 5.97. The minimum absolute atomic E-state index is 0.0465. The zero-order valence-electron chi connectivity index (χ0n) is 12.5. The van der Waals surface area contributed by atoms with Crippen LogP contribution in [-0.2, 0) is 14.3 Å². The van der Waals surface area contributed by atoms with Gasteiger partial charge in [0.05, 0.1) is 12.6 Å². The number of rotatable bonds is 2. The molecule has 0 bridgehead atoms. The quantitative estimate of drug-likeness (QED) is 0.780. The van der Waals surface area contributed by atoms with E-state index in [1.165, 1.54) is 6.92 Å². The lowest BCUT2D eigenvalue weighted by Crippen LogP contribution is -2.31. The Morgan fingerprint density at radius 2 is 2.19 bits per heavy atom. The highest BCUT2D eigenvalue weighted by molar-refractivity contribution is 5.80. The van der Waals surface area contributed by atoms with Crippen molar-refractivity contribution in [3.8, 4) is 5.75 Å². The Balaban J connectivity index is 1.99. The molecule has 5 nitrogen and oxygen atoms in total. The van der Waals surface area contributed by atoms with Crippen LogP contribution in [0.4, 0.5) is 0 Å². The molecule has 0 spiro atoms. The van der Waals surface area contributed by atoms with Crippen LogP contribution in [0.3, 0.4) is 0 Å². The van der Waals surface area contributed by atoms with Crippen molar-refractivity contribution < 1.29 is 19.1 Å². The second-order valence-electron chi connectivity index (χ2n) is 5.55. The molecule has 1 saturated heterocycles. The number of aryl methyl sites for hydroxylation is 1. The predicted molar refractivity (Wildman–Crippen MR) is 75.8 cm³/mol. The SMILES string of the molecule is CCOC(=O)[C@@H]1CN(C(C)=O)[C@H]2c3cccc(C)c3O[C@@H]12. The summed E-state index contributed by atoms with van der Waals surface area (Å²) in [5.41, 5.74) is 2.01. The normalized spacial score (nSPS) is 26.0. The lowest BCUT2D eigenvalue weighted by molar-refractivity contribution is -0.149. The van der Waals surface area contributed by atoms with Gasteiger partial charge in [-0.3, -0.25) is 9.59 Å². The van der Waals surface area contributed by atoms with E-state index in [1.54, 1.807) is 11.8 Å². The van der Waals surface area contributed by atoms with E-state index in [0.717, 1.165) is 16.9 Å². The number of likely N-dealkylation sites (tertiary alicyclic amines) is 1. The first-order valence-electron chi connectivity index (χ1n) is 7.24. The van der Waals surface area contributed by atoms with Crippen molar-refractivity contribution in [3.05, 3.63) is 29.3 Å². The van der Waals surface area contributed by atoms with Crippen LogP contribution in [0.25, 0.3) is 0 Å². The smallest absolute Gasteiger partial charge is 0.314 e. The number of para-hydroxylation sites is 1. The number of carbonyl (C=O) groups excluding carboxylic acids is 2. The summed E-state index contributed by atoms with van der Waals surface area (Å²) in [6.07, 6.45) is -0.343. The molecule has 0 N–H and O–H groups in total. The largest absolute Gasteiger partial charge is 0.486 e. The van der Waals surface area contributed by atoms with Crippen molar-refractivity contribution in [2.75, 3.05) is 13.2 Å². The van der Waals surface area contributed by atoms with Crippen LogP contribution < -0.4 is 4.74 Å². The maximum absolute atomic E-state index is 12.2. The molecule has 2 aliphatic heterocycles. The molecule has 2 heterocycles. The van der Waals surface area contributed by atoms with Gasteiger partial charge in [-0.15, -0.1) is 0 Å². The minimum Gasteiger partial charge on any atom is -0.486 e. The maximum atomic E-state index is 12.2. The summed E-state index contributed by atoms with van der Waals surface area (Å²) in [5.74, 6) is 0.0369. The van der Waals surface area contributed by atoms with E-state index in [4.69, 9.17) is 9.47 Å². The molecule has 1 aromatic carbocycles. The molecule has 0 aromatic heterocycles. The third kappa shape index (κ3) is 2.07. The Labute approximate surface area is 123 Å². The second kappa shape index (κ2) is 5.06. The first-order chi connectivity index (χ1) is 10.0. The number of nitrogens with zero attached hydrogens (tertiary/aromatic N) is 1. The average Bonchev–Trinajstić information content (AvgIpc) is 2.97. The third-order valence-corrected chi connectivity index (χ3v) is 4.25. The molecular weight excluding hydrogens is 270 g/mol. The van der Waals surface area contributed by atoms with Crippen molar-refractivity contribution in [2.24, 2.45) is 5.92 Å². The van der Waals surface area contributed by atoms with Crippen molar-refractivity contribution >= 4 is 11.9 Å². The van der Waals surface area contributed by atoms with Gasteiger partial charge in [0.1, 0.15) is 17.8 Å². The Kier molecular flexibility index (Phi) is 3.35. The maximum Gasteiger partial charge on any atom is 0.314 e. The first kappa shape index (κ1) is 13.9. The fourth-order valence-corrected chi connectivity index (χ4v) is 3.31. The minimum atomic E-state index is -0.425. The Bertz CT molecular complexity index is 598. The molecular formula is C16H19NO4. The van der Waals surface area contributed by atoms with Crippen LogP contribution >= 0.6 is 0 Å². The Morgan fingerprint density at radius 3 is 2.86 bits per heavy atom. The van der Waals surface area contributed by atoms with E-state index in [0.29, 0.717) is 13.2 Å². The molecule has 1 fully saturated rings. The number of carbonyl (C=O) groups is 2. The zero-order chi connectivity index (χ0) is 15.1. The topological polar surface area (TPSA) is 55.8 Å². The lowest BCUT2D eigenvalue weighted by atomic mass is 9.98. The molecule has 0 unspecified atom stereocenters. The summed E-state index contributed by atoms with van der Waals surface area (Å²) in [7, 11) is 0. The van der Waals surface area contributed by atoms with E-state index in [-0.39, 0.29) is 24.0 Å². The molecule has 112 valence electrons. The third-order valence-electron chi connectivity index (χ3n) is 4.25. The van der Waals surface area contributed by atoms with E-state index < -0.39 is 5.92 Å². The molecule has 2 aliphatic rings. The molecule has 5 heteroatoms. The number of hydrogen-bond donors (Lipinski definition) is 0. The van der Waals surface area contributed by atoms with Crippen LogP contribution in [0, 0.1) is 12.8 Å². The predicted octanol–water partition coefficient (Wildman–Crippen LogP) is 1.84. The summed E-state index contributed by atoms with van der Waals surface area (Å²) in [4.78, 5) is 25.8. The lowest BCUT2D eigenvalue weighted by Gasteiger charge is -2.21. The fraction of sp³-hybridized carbons (Fsp3) is 0.500. The van der Waals surface area contributed by atoms with Gasteiger partial charge in [0.15, 0.2) is 0 Å². The zero-order valence-corrected chi connectivity index (χ0v) is 12.5. The Hall–Kier alpha value is -2.04. The number of hydrogen-bond acceptors (Lipinski definition) is 4. The van der Waals surface area contributed by atoms with Crippen molar-refractivity contribution in [3.63, 3.8) is 0 Å². The molecule has 1 amide bonds. The molecule has 0 radical (unpaired) electrons. The van der Waals surface area contributed by atoms with Gasteiger partial charge in [-0.25, -0.2) is 0 Å². The van der Waals surface area contributed by atoms with Crippen LogP contribution in [0.1, 0.15) is 31.0 Å². The number of benzene rings is 1. The van der Waals surface area contributed by atoms with Crippen molar-refractivity contribution in [2.45, 2.75) is 32.9 Å². The van der Waals surface area contributed by atoms with Crippen molar-refractivity contribution in [1.82, 2.24) is 4.90 Å². The van der Waals surface area contributed by atoms with Gasteiger partial charge < -0.3 is 14.4 Å². The van der Waals surface area contributed by atoms with Crippen molar-refractivity contribution in [1.29, 1.82) is 0 Å². The van der Waals surface area contributed by atoms with Crippen LogP contribution in [0.5, 0.6) is 5.75 Å². The standard InChI is InChI=1S/C16H19NO4/c1-4-20-16(19)12-8-17(10(3)18)13-11-7-5-6-9(2)14(11)21-15(12)13/h5-7,12-13,15H,4,8H2,1-3H3/t12-,13+,15+/m1/s1. The van der Waals surface area contributed by atoms with Gasteiger partial charge in [0.2, 0.25) is 5.91 Å². The fourth-order valence-electron chi connectivity index (χ4n) is 3.31. The number of fused-ring (bicyclic) bond motifs is 3. The van der Waals surface area contributed by atoms with Crippen LogP contribution in [-0.4, -0.2) is 36.0 Å². The van der Waals surface area contributed by atoms with Crippen LogP contribution in [0.2, 0.25) is 0 Å². The highest BCUT2D eigenvalue weighted by atomic mass is 16.5. The monoisotopic (exact) mass is 289 g/mol. The van der Waals surface area contributed by atoms with E-state index in [9.17, 15) is 9.59 Å².